The van der Waals surface area contributed by atoms with Crippen LogP contribution in [0.3, 0.4) is 0 Å². The Morgan fingerprint density at radius 3 is 1.81 bits per heavy atom. The third-order valence-corrected chi connectivity index (χ3v) is 7.23. The number of aromatic nitrogens is 3. The van der Waals surface area contributed by atoms with Gasteiger partial charge in [-0.25, -0.2) is 4.98 Å². The molecule has 5 aromatic carbocycles. The zero-order chi connectivity index (χ0) is 24.8. The summed E-state index contributed by atoms with van der Waals surface area (Å²) >= 11 is 6.44. The molecule has 0 amide bonds. The van der Waals surface area contributed by atoms with E-state index in [-0.39, 0.29) is 5.28 Å². The molecule has 0 unspecified atom stereocenters. The SMILES string of the molecule is Clc1nc(-c2cccc(-c3ccccc3)c2)nc(-c2ccc3c4c(c5ccccc5c3c2)=CCCC=4)n1. The van der Waals surface area contributed by atoms with Gasteiger partial charge in [0.25, 0.3) is 0 Å². The average molecular weight is 496 g/mol. The van der Waals surface area contributed by atoms with Gasteiger partial charge in [-0.2, -0.15) is 9.97 Å². The summed E-state index contributed by atoms with van der Waals surface area (Å²) in [6.07, 6.45) is 6.88. The van der Waals surface area contributed by atoms with E-state index in [0.717, 1.165) is 35.1 Å². The quantitative estimate of drug-likeness (QED) is 0.244. The highest BCUT2D eigenvalue weighted by Crippen LogP contribution is 2.29. The van der Waals surface area contributed by atoms with Crippen LogP contribution in [0.5, 0.6) is 0 Å². The standard InChI is InChI=1S/C33H22ClN3/c34-33-36-31(23-12-8-11-22(19-23)21-9-2-1-3-10-21)35-32(37-33)24-17-18-29-27-15-5-4-13-25(27)26-14-6-7-16-28(26)30(29)20-24/h1-3,6-20H,4-5H2. The Kier molecular flexibility index (Phi) is 5.30. The topological polar surface area (TPSA) is 38.7 Å². The van der Waals surface area contributed by atoms with Gasteiger partial charge in [-0.1, -0.05) is 97.1 Å². The van der Waals surface area contributed by atoms with E-state index in [1.165, 1.54) is 32.0 Å². The molecule has 0 saturated carbocycles. The molecular weight excluding hydrogens is 474 g/mol. The number of nitrogens with zero attached hydrogens (tertiary/aromatic N) is 3. The van der Waals surface area contributed by atoms with Gasteiger partial charge >= 0.3 is 0 Å². The van der Waals surface area contributed by atoms with Crippen LogP contribution in [0.25, 0.3) is 67.6 Å². The Hall–Kier alpha value is -4.34. The summed E-state index contributed by atoms with van der Waals surface area (Å²) in [5, 5.41) is 7.81. The van der Waals surface area contributed by atoms with Crippen LogP contribution in [-0.2, 0) is 0 Å². The van der Waals surface area contributed by atoms with E-state index in [4.69, 9.17) is 16.6 Å². The van der Waals surface area contributed by atoms with Crippen LogP contribution in [-0.4, -0.2) is 15.0 Å². The molecule has 0 radical (unpaired) electrons. The van der Waals surface area contributed by atoms with Crippen molar-refractivity contribution < 1.29 is 0 Å². The highest BCUT2D eigenvalue weighted by atomic mass is 35.5. The van der Waals surface area contributed by atoms with Gasteiger partial charge in [-0.05, 0) is 79.7 Å². The summed E-state index contributed by atoms with van der Waals surface area (Å²) in [6.45, 7) is 0. The van der Waals surface area contributed by atoms with Crippen LogP contribution >= 0.6 is 11.6 Å². The summed E-state index contributed by atoms with van der Waals surface area (Å²) in [5.74, 6) is 1.13. The first kappa shape index (κ1) is 21.9. The smallest absolute Gasteiger partial charge is 0.208 e. The largest absolute Gasteiger partial charge is 0.226 e. The van der Waals surface area contributed by atoms with Crippen molar-refractivity contribution in [2.45, 2.75) is 12.8 Å². The summed E-state index contributed by atoms with van der Waals surface area (Å²) in [4.78, 5) is 13.8. The molecule has 6 aromatic rings. The summed E-state index contributed by atoms with van der Waals surface area (Å²) in [7, 11) is 0. The lowest BCUT2D eigenvalue weighted by Gasteiger charge is -2.12. The Labute approximate surface area is 219 Å². The van der Waals surface area contributed by atoms with Crippen molar-refractivity contribution in [3.8, 4) is 33.9 Å². The number of hydrogen-bond donors (Lipinski definition) is 0. The molecule has 7 rings (SSSR count). The van der Waals surface area contributed by atoms with Crippen molar-refractivity contribution in [3.05, 3.63) is 113 Å². The van der Waals surface area contributed by atoms with Crippen molar-refractivity contribution in [3.63, 3.8) is 0 Å². The first-order chi connectivity index (χ1) is 18.2. The van der Waals surface area contributed by atoms with Gasteiger partial charge in [0.1, 0.15) is 0 Å². The van der Waals surface area contributed by atoms with E-state index in [2.05, 4.69) is 88.9 Å². The molecule has 0 bridgehead atoms. The molecule has 1 aromatic heterocycles. The number of hydrogen-bond acceptors (Lipinski definition) is 3. The Bertz CT molecular complexity index is 1950. The zero-order valence-electron chi connectivity index (χ0n) is 20.0. The zero-order valence-corrected chi connectivity index (χ0v) is 20.8. The number of rotatable bonds is 3. The molecule has 1 aliphatic rings. The van der Waals surface area contributed by atoms with Gasteiger partial charge < -0.3 is 0 Å². The third-order valence-electron chi connectivity index (χ3n) is 7.07. The molecule has 0 atom stereocenters. The van der Waals surface area contributed by atoms with Gasteiger partial charge in [0.05, 0.1) is 0 Å². The van der Waals surface area contributed by atoms with E-state index in [9.17, 15) is 0 Å². The Morgan fingerprint density at radius 1 is 0.459 bits per heavy atom. The monoisotopic (exact) mass is 495 g/mol. The molecule has 0 aliphatic heterocycles. The van der Waals surface area contributed by atoms with Crippen molar-refractivity contribution >= 4 is 45.3 Å². The number of halogens is 1. The van der Waals surface area contributed by atoms with Gasteiger partial charge in [0.15, 0.2) is 11.6 Å². The van der Waals surface area contributed by atoms with Crippen LogP contribution in [0.1, 0.15) is 12.8 Å². The molecular formula is C33H22ClN3. The van der Waals surface area contributed by atoms with Crippen LogP contribution in [0, 0.1) is 0 Å². The van der Waals surface area contributed by atoms with Gasteiger partial charge in [-0.3, -0.25) is 0 Å². The predicted octanol–water partition coefficient (Wildman–Crippen LogP) is 7.19. The van der Waals surface area contributed by atoms with E-state index in [1.54, 1.807) is 0 Å². The van der Waals surface area contributed by atoms with Crippen LogP contribution < -0.4 is 10.4 Å². The molecule has 1 heterocycles. The molecule has 0 spiro atoms. The van der Waals surface area contributed by atoms with E-state index in [0.29, 0.717) is 11.6 Å². The van der Waals surface area contributed by atoms with Crippen LogP contribution in [0.15, 0.2) is 97.1 Å². The Morgan fingerprint density at radius 2 is 1.05 bits per heavy atom. The molecule has 1 aliphatic carbocycles. The van der Waals surface area contributed by atoms with E-state index >= 15 is 0 Å². The fraction of sp³-hybridized carbons (Fsp3) is 0.0606. The first-order valence-corrected chi connectivity index (χ1v) is 12.8. The van der Waals surface area contributed by atoms with Crippen LogP contribution in [0.2, 0.25) is 5.28 Å². The molecule has 0 saturated heterocycles. The van der Waals surface area contributed by atoms with E-state index < -0.39 is 0 Å². The van der Waals surface area contributed by atoms with E-state index in [1.807, 2.05) is 30.3 Å². The second-order valence-electron chi connectivity index (χ2n) is 9.32. The average Bonchev–Trinajstić information content (AvgIpc) is 2.97. The molecule has 3 nitrogen and oxygen atoms in total. The minimum atomic E-state index is 0.184. The van der Waals surface area contributed by atoms with Crippen molar-refractivity contribution in [2.75, 3.05) is 0 Å². The summed E-state index contributed by atoms with van der Waals surface area (Å²) in [5.41, 5.74) is 4.06. The summed E-state index contributed by atoms with van der Waals surface area (Å²) < 4.78 is 0. The van der Waals surface area contributed by atoms with Crippen molar-refractivity contribution in [1.29, 1.82) is 0 Å². The molecule has 176 valence electrons. The first-order valence-electron chi connectivity index (χ1n) is 12.5. The lowest BCUT2D eigenvalue weighted by atomic mass is 9.93. The normalized spacial score (nSPS) is 12.7. The summed E-state index contributed by atoms with van der Waals surface area (Å²) in [6, 6.07) is 33.6. The van der Waals surface area contributed by atoms with Gasteiger partial charge in [0, 0.05) is 11.1 Å². The highest BCUT2D eigenvalue weighted by Gasteiger charge is 2.13. The lowest BCUT2D eigenvalue weighted by Crippen LogP contribution is -2.28. The maximum atomic E-state index is 6.44. The third kappa shape index (κ3) is 3.89. The minimum absolute atomic E-state index is 0.184. The minimum Gasteiger partial charge on any atom is -0.208 e. The second-order valence-corrected chi connectivity index (χ2v) is 9.66. The second kappa shape index (κ2) is 8.95. The molecule has 0 N–H and O–H groups in total. The van der Waals surface area contributed by atoms with Gasteiger partial charge in [-0.15, -0.1) is 0 Å². The predicted molar refractivity (Wildman–Crippen MR) is 154 cm³/mol. The fourth-order valence-electron chi connectivity index (χ4n) is 5.36. The molecule has 0 fully saturated rings. The number of fused-ring (bicyclic) bond motifs is 6. The number of benzene rings is 5. The van der Waals surface area contributed by atoms with Crippen molar-refractivity contribution in [1.82, 2.24) is 15.0 Å². The van der Waals surface area contributed by atoms with Crippen LogP contribution in [0.4, 0.5) is 0 Å². The lowest BCUT2D eigenvalue weighted by molar-refractivity contribution is 1.07. The maximum absolute atomic E-state index is 6.44. The molecule has 4 heteroatoms. The van der Waals surface area contributed by atoms with Crippen molar-refractivity contribution in [2.24, 2.45) is 0 Å². The van der Waals surface area contributed by atoms with Gasteiger partial charge in [0.2, 0.25) is 5.28 Å². The fourth-order valence-corrected chi connectivity index (χ4v) is 5.52. The highest BCUT2D eigenvalue weighted by molar-refractivity contribution is 6.28. The maximum Gasteiger partial charge on any atom is 0.226 e. The molecule has 37 heavy (non-hydrogen) atoms. The Balaban J connectivity index is 1.40.